The lowest BCUT2D eigenvalue weighted by Crippen LogP contribution is -2.20. The van der Waals surface area contributed by atoms with Crippen LogP contribution in [-0.4, -0.2) is 17.5 Å². The van der Waals surface area contributed by atoms with Crippen LogP contribution in [0.2, 0.25) is 0 Å². The maximum absolute atomic E-state index is 13.7. The number of ether oxygens (including phenoxy) is 1. The van der Waals surface area contributed by atoms with Crippen molar-refractivity contribution in [2.45, 2.75) is 25.7 Å². The zero-order chi connectivity index (χ0) is 18.6. The molecule has 1 heterocycles. The third-order valence-corrected chi connectivity index (χ3v) is 5.48. The third kappa shape index (κ3) is 4.34. The second-order valence-electron chi connectivity index (χ2n) is 6.52. The number of halogens is 1. The molecule has 0 saturated carbocycles. The van der Waals surface area contributed by atoms with E-state index in [-0.39, 0.29) is 18.3 Å². The van der Waals surface area contributed by atoms with Crippen molar-refractivity contribution in [2.75, 3.05) is 11.9 Å². The first-order valence-electron chi connectivity index (χ1n) is 8.90. The first-order valence-corrected chi connectivity index (χ1v) is 9.71. The van der Waals surface area contributed by atoms with E-state index in [0.717, 1.165) is 17.7 Å². The molecule has 0 bridgehead atoms. The number of nitrogens with zero attached hydrogens (tertiary/aromatic N) is 1. The maximum Gasteiger partial charge on any atom is 0.264 e. The molecule has 4 rings (SSSR count). The zero-order valence-electron chi connectivity index (χ0n) is 14.7. The highest BCUT2D eigenvalue weighted by Crippen LogP contribution is 2.26. The Kier molecular flexibility index (Phi) is 5.16. The number of hydrogen-bond donors (Lipinski definition) is 1. The summed E-state index contributed by atoms with van der Waals surface area (Å²) >= 11 is 1.34. The molecule has 1 amide bonds. The SMILES string of the molecule is O=C(COc1ccc2c(c1)CCC2)Nc1ncc(Cc2ccccc2F)s1. The van der Waals surface area contributed by atoms with E-state index in [2.05, 4.69) is 16.4 Å². The lowest BCUT2D eigenvalue weighted by molar-refractivity contribution is -0.118. The van der Waals surface area contributed by atoms with Crippen molar-refractivity contribution in [2.24, 2.45) is 0 Å². The van der Waals surface area contributed by atoms with Gasteiger partial charge in [-0.2, -0.15) is 0 Å². The fraction of sp³-hybridized carbons (Fsp3) is 0.238. The summed E-state index contributed by atoms with van der Waals surface area (Å²) in [6.45, 7) is -0.0684. The molecule has 2 aromatic carbocycles. The van der Waals surface area contributed by atoms with Crippen LogP contribution in [0, 0.1) is 5.82 Å². The Bertz CT molecular complexity index is 970. The Balaban J connectivity index is 1.31. The smallest absolute Gasteiger partial charge is 0.264 e. The number of anilines is 1. The molecule has 3 aromatic rings. The summed E-state index contributed by atoms with van der Waals surface area (Å²) in [6, 6.07) is 12.7. The van der Waals surface area contributed by atoms with Gasteiger partial charge in [-0.3, -0.25) is 10.1 Å². The average molecular weight is 382 g/mol. The van der Waals surface area contributed by atoms with Gasteiger partial charge in [0, 0.05) is 17.5 Å². The molecule has 0 radical (unpaired) electrons. The van der Waals surface area contributed by atoms with Crippen molar-refractivity contribution in [1.82, 2.24) is 4.98 Å². The first-order chi connectivity index (χ1) is 13.2. The molecule has 27 heavy (non-hydrogen) atoms. The van der Waals surface area contributed by atoms with Crippen LogP contribution in [0.25, 0.3) is 0 Å². The van der Waals surface area contributed by atoms with E-state index in [4.69, 9.17) is 4.74 Å². The summed E-state index contributed by atoms with van der Waals surface area (Å²) < 4.78 is 19.3. The van der Waals surface area contributed by atoms with E-state index in [1.54, 1.807) is 24.4 Å². The summed E-state index contributed by atoms with van der Waals surface area (Å²) in [6.07, 6.45) is 5.48. The molecule has 4 nitrogen and oxygen atoms in total. The van der Waals surface area contributed by atoms with Gasteiger partial charge in [0.05, 0.1) is 0 Å². The van der Waals surface area contributed by atoms with Crippen LogP contribution in [0.3, 0.4) is 0 Å². The van der Waals surface area contributed by atoms with Gasteiger partial charge < -0.3 is 4.74 Å². The number of nitrogens with one attached hydrogen (secondary N) is 1. The molecule has 0 spiro atoms. The Morgan fingerprint density at radius 2 is 2.04 bits per heavy atom. The second-order valence-corrected chi connectivity index (χ2v) is 7.64. The molecule has 0 saturated heterocycles. The lowest BCUT2D eigenvalue weighted by atomic mass is 10.1. The molecule has 1 aromatic heterocycles. The minimum atomic E-state index is -0.262. The third-order valence-electron chi connectivity index (χ3n) is 4.56. The molecule has 0 fully saturated rings. The summed E-state index contributed by atoms with van der Waals surface area (Å²) in [7, 11) is 0. The van der Waals surface area contributed by atoms with Crippen LogP contribution in [-0.2, 0) is 24.1 Å². The summed E-state index contributed by atoms with van der Waals surface area (Å²) in [5.74, 6) is 0.215. The van der Waals surface area contributed by atoms with Crippen molar-refractivity contribution in [3.63, 3.8) is 0 Å². The standard InChI is InChI=1S/C21H19FN2O2S/c22-19-7-2-1-4-16(19)11-18-12-23-21(27-18)24-20(25)13-26-17-9-8-14-5-3-6-15(14)10-17/h1-2,4,7-10,12H,3,5-6,11,13H2,(H,23,24,25). The molecule has 1 N–H and O–H groups in total. The highest BCUT2D eigenvalue weighted by molar-refractivity contribution is 7.15. The molecule has 0 aliphatic heterocycles. The minimum Gasteiger partial charge on any atom is -0.484 e. The van der Waals surface area contributed by atoms with Gasteiger partial charge in [-0.1, -0.05) is 24.3 Å². The number of benzene rings is 2. The van der Waals surface area contributed by atoms with E-state index in [0.29, 0.717) is 22.9 Å². The average Bonchev–Trinajstić information content (AvgIpc) is 3.30. The number of aryl methyl sites for hydroxylation is 2. The van der Waals surface area contributed by atoms with Crippen molar-refractivity contribution in [3.05, 3.63) is 76.0 Å². The molecule has 0 atom stereocenters. The van der Waals surface area contributed by atoms with Crippen molar-refractivity contribution >= 4 is 22.4 Å². The van der Waals surface area contributed by atoms with Crippen LogP contribution in [0.4, 0.5) is 9.52 Å². The normalized spacial score (nSPS) is 12.6. The number of thiazole rings is 1. The molecule has 1 aliphatic carbocycles. The summed E-state index contributed by atoms with van der Waals surface area (Å²) in [5, 5.41) is 3.22. The monoisotopic (exact) mass is 382 g/mol. The predicted molar refractivity (Wildman–Crippen MR) is 104 cm³/mol. The quantitative estimate of drug-likeness (QED) is 0.688. The molecular formula is C21H19FN2O2S. The van der Waals surface area contributed by atoms with Crippen LogP contribution in [0.5, 0.6) is 5.75 Å². The Hall–Kier alpha value is -2.73. The Morgan fingerprint density at radius 1 is 1.19 bits per heavy atom. The number of aromatic nitrogens is 1. The number of carbonyl (C=O) groups excluding carboxylic acids is 1. The van der Waals surface area contributed by atoms with Gasteiger partial charge in [0.25, 0.3) is 5.91 Å². The fourth-order valence-corrected chi connectivity index (χ4v) is 4.07. The minimum absolute atomic E-state index is 0.0684. The molecule has 0 unspecified atom stereocenters. The summed E-state index contributed by atoms with van der Waals surface area (Å²) in [5.41, 5.74) is 3.29. The highest BCUT2D eigenvalue weighted by atomic mass is 32.1. The van der Waals surface area contributed by atoms with E-state index >= 15 is 0 Å². The first kappa shape index (κ1) is 17.7. The lowest BCUT2D eigenvalue weighted by Gasteiger charge is -2.07. The van der Waals surface area contributed by atoms with E-state index in [9.17, 15) is 9.18 Å². The van der Waals surface area contributed by atoms with Gasteiger partial charge in [-0.05, 0) is 54.2 Å². The van der Waals surface area contributed by atoms with Gasteiger partial charge in [0.2, 0.25) is 0 Å². The van der Waals surface area contributed by atoms with Gasteiger partial charge in [0.1, 0.15) is 11.6 Å². The zero-order valence-corrected chi connectivity index (χ0v) is 15.5. The maximum atomic E-state index is 13.7. The van der Waals surface area contributed by atoms with Crippen molar-refractivity contribution < 1.29 is 13.9 Å². The van der Waals surface area contributed by atoms with Gasteiger partial charge in [0.15, 0.2) is 11.7 Å². The van der Waals surface area contributed by atoms with Crippen molar-refractivity contribution in [1.29, 1.82) is 0 Å². The van der Waals surface area contributed by atoms with Gasteiger partial charge >= 0.3 is 0 Å². The molecule has 1 aliphatic rings. The molecular weight excluding hydrogens is 363 g/mol. The van der Waals surface area contributed by atoms with Crippen LogP contribution < -0.4 is 10.1 Å². The number of amides is 1. The van der Waals surface area contributed by atoms with Crippen molar-refractivity contribution in [3.8, 4) is 5.75 Å². The van der Waals surface area contributed by atoms with Crippen LogP contribution in [0.1, 0.15) is 28.0 Å². The number of rotatable bonds is 6. The van der Waals surface area contributed by atoms with E-state index in [1.807, 2.05) is 12.1 Å². The molecule has 6 heteroatoms. The number of fused-ring (bicyclic) bond motifs is 1. The molecule has 138 valence electrons. The van der Waals surface area contributed by atoms with E-state index in [1.165, 1.54) is 35.0 Å². The largest absolute Gasteiger partial charge is 0.484 e. The van der Waals surface area contributed by atoms with Gasteiger partial charge in [-0.25, -0.2) is 9.37 Å². The summed E-state index contributed by atoms with van der Waals surface area (Å²) in [4.78, 5) is 17.2. The topological polar surface area (TPSA) is 51.2 Å². The van der Waals surface area contributed by atoms with Crippen LogP contribution >= 0.6 is 11.3 Å². The van der Waals surface area contributed by atoms with E-state index < -0.39 is 0 Å². The predicted octanol–water partition coefficient (Wildman–Crippen LogP) is 4.38. The highest BCUT2D eigenvalue weighted by Gasteiger charge is 2.13. The Morgan fingerprint density at radius 3 is 2.93 bits per heavy atom. The Labute approximate surface area is 161 Å². The van der Waals surface area contributed by atoms with Gasteiger partial charge in [-0.15, -0.1) is 11.3 Å². The number of hydrogen-bond acceptors (Lipinski definition) is 4. The second kappa shape index (κ2) is 7.88. The fourth-order valence-electron chi connectivity index (χ4n) is 3.22. The van der Waals surface area contributed by atoms with Crippen LogP contribution in [0.15, 0.2) is 48.7 Å². The number of carbonyl (C=O) groups is 1.